The van der Waals surface area contributed by atoms with Crippen molar-refractivity contribution in [3.63, 3.8) is 0 Å². The highest BCUT2D eigenvalue weighted by molar-refractivity contribution is 5.78. The average molecular weight is 276 g/mol. The number of ether oxygens (including phenoxy) is 1. The summed E-state index contributed by atoms with van der Waals surface area (Å²) in [4.78, 5) is 24.8. The summed E-state index contributed by atoms with van der Waals surface area (Å²) in [6, 6.07) is 0.183. The minimum absolute atomic E-state index is 0.0279. The van der Waals surface area contributed by atoms with Crippen LogP contribution in [0.1, 0.15) is 13.8 Å². The molecule has 1 aromatic heterocycles. The van der Waals surface area contributed by atoms with Crippen LogP contribution in [0.25, 0.3) is 0 Å². The van der Waals surface area contributed by atoms with Crippen molar-refractivity contribution < 1.29 is 9.53 Å². The molecule has 0 saturated carbocycles. The normalized spacial score (nSPS) is 25.9. The quantitative estimate of drug-likeness (QED) is 0.789. The summed E-state index contributed by atoms with van der Waals surface area (Å²) in [6.07, 6.45) is 5.22. The molecular weight excluding hydrogens is 256 g/mol. The molecule has 6 nitrogen and oxygen atoms in total. The van der Waals surface area contributed by atoms with Gasteiger partial charge in [0, 0.05) is 37.9 Å². The summed E-state index contributed by atoms with van der Waals surface area (Å²) >= 11 is 0. The van der Waals surface area contributed by atoms with Crippen molar-refractivity contribution in [1.82, 2.24) is 14.9 Å². The topological polar surface area (TPSA) is 58.6 Å². The number of morpholine rings is 1. The van der Waals surface area contributed by atoms with Crippen LogP contribution in [0, 0.1) is 5.92 Å². The van der Waals surface area contributed by atoms with Gasteiger partial charge in [0.15, 0.2) is 0 Å². The molecule has 0 spiro atoms. The zero-order valence-electron chi connectivity index (χ0n) is 11.9. The Bertz CT molecular complexity index is 479. The Labute approximate surface area is 118 Å². The molecule has 0 radical (unpaired) electrons. The lowest BCUT2D eigenvalue weighted by molar-refractivity contribution is -0.133. The van der Waals surface area contributed by atoms with Gasteiger partial charge in [-0.25, -0.2) is 4.98 Å². The molecule has 1 amide bonds. The smallest absolute Gasteiger partial charge is 0.225 e. The Kier molecular flexibility index (Phi) is 3.56. The van der Waals surface area contributed by atoms with Crippen molar-refractivity contribution in [2.24, 2.45) is 5.92 Å². The van der Waals surface area contributed by atoms with E-state index in [0.717, 1.165) is 12.4 Å². The Hall–Kier alpha value is -1.69. The van der Waals surface area contributed by atoms with Crippen LogP contribution in [0.4, 0.5) is 5.82 Å². The number of nitrogens with zero attached hydrogens (tertiary/aromatic N) is 4. The van der Waals surface area contributed by atoms with Gasteiger partial charge < -0.3 is 14.5 Å². The first kappa shape index (κ1) is 13.3. The van der Waals surface area contributed by atoms with Crippen molar-refractivity contribution >= 4 is 11.7 Å². The summed E-state index contributed by atoms with van der Waals surface area (Å²) in [5.41, 5.74) is 0. The molecular formula is C14H20N4O2. The number of carbonyl (C=O) groups is 1. The number of hydrogen-bond donors (Lipinski definition) is 0. The Morgan fingerprint density at radius 3 is 2.95 bits per heavy atom. The molecule has 0 bridgehead atoms. The molecule has 2 fully saturated rings. The van der Waals surface area contributed by atoms with Gasteiger partial charge in [-0.15, -0.1) is 0 Å². The number of anilines is 1. The molecule has 0 aliphatic carbocycles. The molecule has 2 aliphatic rings. The van der Waals surface area contributed by atoms with E-state index >= 15 is 0 Å². The lowest BCUT2D eigenvalue weighted by Gasteiger charge is -2.37. The Balaban J connectivity index is 1.78. The van der Waals surface area contributed by atoms with E-state index in [-0.39, 0.29) is 24.0 Å². The molecule has 0 N–H and O–H groups in total. The first-order chi connectivity index (χ1) is 9.66. The molecule has 3 rings (SSSR count). The maximum absolute atomic E-state index is 12.2. The zero-order chi connectivity index (χ0) is 14.1. The summed E-state index contributed by atoms with van der Waals surface area (Å²) < 4.78 is 5.83. The van der Waals surface area contributed by atoms with Crippen molar-refractivity contribution in [2.75, 3.05) is 31.1 Å². The lowest BCUT2D eigenvalue weighted by Crippen LogP contribution is -2.51. The zero-order valence-corrected chi connectivity index (χ0v) is 11.9. The van der Waals surface area contributed by atoms with Crippen LogP contribution in [0.15, 0.2) is 18.6 Å². The van der Waals surface area contributed by atoms with E-state index in [2.05, 4.69) is 14.9 Å². The van der Waals surface area contributed by atoms with Crippen molar-refractivity contribution in [3.05, 3.63) is 18.6 Å². The fraction of sp³-hybridized carbons (Fsp3) is 0.643. The largest absolute Gasteiger partial charge is 0.372 e. The van der Waals surface area contributed by atoms with Crippen molar-refractivity contribution in [1.29, 1.82) is 0 Å². The number of likely N-dealkylation sites (tertiary alicyclic amines) is 1. The van der Waals surface area contributed by atoms with E-state index in [0.29, 0.717) is 19.7 Å². The first-order valence-electron chi connectivity index (χ1n) is 7.10. The van der Waals surface area contributed by atoms with Gasteiger partial charge >= 0.3 is 0 Å². The minimum Gasteiger partial charge on any atom is -0.372 e. The average Bonchev–Trinajstić information content (AvgIpc) is 2.91. The third-order valence-electron chi connectivity index (χ3n) is 3.95. The van der Waals surface area contributed by atoms with Crippen molar-refractivity contribution in [2.45, 2.75) is 26.0 Å². The number of aromatic nitrogens is 2. The lowest BCUT2D eigenvalue weighted by atomic mass is 10.1. The highest BCUT2D eigenvalue weighted by atomic mass is 16.5. The number of rotatable bonds is 2. The highest BCUT2D eigenvalue weighted by Crippen LogP contribution is 2.27. The van der Waals surface area contributed by atoms with E-state index in [1.807, 2.05) is 18.7 Å². The van der Waals surface area contributed by atoms with Crippen LogP contribution in [0.3, 0.4) is 0 Å². The van der Waals surface area contributed by atoms with E-state index in [4.69, 9.17) is 4.74 Å². The van der Waals surface area contributed by atoms with Crippen LogP contribution in [0.2, 0.25) is 0 Å². The van der Waals surface area contributed by atoms with Crippen LogP contribution in [0.5, 0.6) is 0 Å². The van der Waals surface area contributed by atoms with Gasteiger partial charge in [0.05, 0.1) is 24.9 Å². The van der Waals surface area contributed by atoms with Crippen LogP contribution < -0.4 is 4.90 Å². The minimum atomic E-state index is 0.0279. The molecule has 2 atom stereocenters. The molecule has 0 unspecified atom stereocenters. The van der Waals surface area contributed by atoms with Crippen LogP contribution in [-0.4, -0.2) is 59.2 Å². The van der Waals surface area contributed by atoms with Gasteiger partial charge in [-0.1, -0.05) is 13.8 Å². The van der Waals surface area contributed by atoms with Gasteiger partial charge in [0.1, 0.15) is 5.82 Å². The fourth-order valence-corrected chi connectivity index (χ4v) is 2.96. The summed E-state index contributed by atoms with van der Waals surface area (Å²) in [5, 5.41) is 0. The monoisotopic (exact) mass is 276 g/mol. The van der Waals surface area contributed by atoms with Gasteiger partial charge in [-0.05, 0) is 0 Å². The fourth-order valence-electron chi connectivity index (χ4n) is 2.96. The molecule has 6 heteroatoms. The number of amides is 1. The number of hydrogen-bond acceptors (Lipinski definition) is 5. The van der Waals surface area contributed by atoms with Crippen molar-refractivity contribution in [3.8, 4) is 0 Å². The molecule has 108 valence electrons. The molecule has 0 aromatic carbocycles. The van der Waals surface area contributed by atoms with E-state index in [1.165, 1.54) is 0 Å². The summed E-state index contributed by atoms with van der Waals surface area (Å²) in [7, 11) is 0. The summed E-state index contributed by atoms with van der Waals surface area (Å²) in [5.74, 6) is 1.09. The Morgan fingerprint density at radius 1 is 1.40 bits per heavy atom. The maximum atomic E-state index is 12.2. The maximum Gasteiger partial charge on any atom is 0.225 e. The number of fused-ring (bicyclic) bond motifs is 1. The van der Waals surface area contributed by atoms with Gasteiger partial charge in [-0.3, -0.25) is 9.78 Å². The first-order valence-corrected chi connectivity index (χ1v) is 7.10. The van der Waals surface area contributed by atoms with Gasteiger partial charge in [-0.2, -0.15) is 0 Å². The second-order valence-corrected chi connectivity index (χ2v) is 5.63. The number of carbonyl (C=O) groups excluding carboxylic acids is 1. The second-order valence-electron chi connectivity index (χ2n) is 5.63. The van der Waals surface area contributed by atoms with Crippen LogP contribution in [-0.2, 0) is 9.53 Å². The van der Waals surface area contributed by atoms with E-state index in [9.17, 15) is 4.79 Å². The predicted molar refractivity (Wildman–Crippen MR) is 74.3 cm³/mol. The molecule has 2 saturated heterocycles. The van der Waals surface area contributed by atoms with Gasteiger partial charge in [0.2, 0.25) is 5.91 Å². The van der Waals surface area contributed by atoms with Crippen LogP contribution >= 0.6 is 0 Å². The van der Waals surface area contributed by atoms with Gasteiger partial charge in [0.25, 0.3) is 0 Å². The molecule has 2 aliphatic heterocycles. The third kappa shape index (κ3) is 2.35. The SMILES string of the molecule is CC(C)C(=O)N1C[C@@H]2OCCN(c3cnccn3)[C@@H]2C1. The molecule has 20 heavy (non-hydrogen) atoms. The predicted octanol–water partition coefficient (Wildman–Crippen LogP) is 0.549. The standard InChI is InChI=1S/C14H20N4O2/c1-10(2)14(19)17-8-11-12(9-17)20-6-5-18(11)13-7-15-3-4-16-13/h3-4,7,10-12H,5-6,8-9H2,1-2H3/t11-,12+/m1/s1. The van der Waals surface area contributed by atoms with E-state index in [1.54, 1.807) is 18.6 Å². The second kappa shape index (κ2) is 5.36. The highest BCUT2D eigenvalue weighted by Gasteiger charge is 2.42. The molecule has 3 heterocycles. The third-order valence-corrected chi connectivity index (χ3v) is 3.95. The molecule has 1 aromatic rings. The van der Waals surface area contributed by atoms with E-state index < -0.39 is 0 Å². The summed E-state index contributed by atoms with van der Waals surface area (Å²) in [6.45, 7) is 6.72. The Morgan fingerprint density at radius 2 is 2.25 bits per heavy atom.